The molecule has 1 fully saturated rings. The van der Waals surface area contributed by atoms with E-state index in [9.17, 15) is 9.59 Å². The molecule has 1 unspecified atom stereocenters. The third-order valence-corrected chi connectivity index (χ3v) is 2.96. The summed E-state index contributed by atoms with van der Waals surface area (Å²) in [6, 6.07) is 1.41. The van der Waals surface area contributed by atoms with E-state index < -0.39 is 0 Å². The molecule has 0 aromatic carbocycles. The van der Waals surface area contributed by atoms with Crippen molar-refractivity contribution < 1.29 is 4.79 Å². The minimum absolute atomic E-state index is 0. The van der Waals surface area contributed by atoms with Gasteiger partial charge in [0.2, 0.25) is 5.91 Å². The summed E-state index contributed by atoms with van der Waals surface area (Å²) in [6.45, 7) is 0.854. The number of nitrogens with one attached hydrogen (secondary N) is 3. The summed E-state index contributed by atoms with van der Waals surface area (Å²) < 4.78 is 0.724. The monoisotopic (exact) mass is 357 g/mol. The third-order valence-electron chi connectivity index (χ3n) is 2.50. The van der Waals surface area contributed by atoms with E-state index in [0.717, 1.165) is 23.9 Å². The van der Waals surface area contributed by atoms with Gasteiger partial charge in [0, 0.05) is 10.7 Å². The largest absolute Gasteiger partial charge is 0.326 e. The molecule has 0 radical (unpaired) electrons. The van der Waals surface area contributed by atoms with Crippen molar-refractivity contribution in [3.05, 3.63) is 27.1 Å². The van der Waals surface area contributed by atoms with Crippen LogP contribution in [0.2, 0.25) is 0 Å². The summed E-state index contributed by atoms with van der Waals surface area (Å²) in [4.78, 5) is 25.7. The minimum Gasteiger partial charge on any atom is -0.326 e. The molecular formula is C10H14BrCl2N3O2. The Labute approximate surface area is 125 Å². The van der Waals surface area contributed by atoms with Crippen molar-refractivity contribution in [3.8, 4) is 0 Å². The van der Waals surface area contributed by atoms with Gasteiger partial charge in [0.25, 0.3) is 5.56 Å². The van der Waals surface area contributed by atoms with Crippen molar-refractivity contribution in [1.82, 2.24) is 10.3 Å². The number of hydrogen-bond donors (Lipinski definition) is 3. The van der Waals surface area contributed by atoms with Crippen LogP contribution < -0.4 is 16.2 Å². The van der Waals surface area contributed by atoms with Gasteiger partial charge in [0.15, 0.2) is 0 Å². The number of hydrogen-bond acceptors (Lipinski definition) is 3. The first kappa shape index (κ1) is 17.4. The Bertz CT molecular complexity index is 461. The van der Waals surface area contributed by atoms with Crippen molar-refractivity contribution >= 4 is 52.3 Å². The molecule has 1 amide bonds. The lowest BCUT2D eigenvalue weighted by atomic mass is 10.2. The lowest BCUT2D eigenvalue weighted by Gasteiger charge is -2.10. The van der Waals surface area contributed by atoms with Gasteiger partial charge < -0.3 is 15.6 Å². The second kappa shape index (κ2) is 7.78. The normalized spacial score (nSPS) is 17.5. The number of amides is 1. The summed E-state index contributed by atoms with van der Waals surface area (Å²) in [5, 5.41) is 5.69. The fraction of sp³-hybridized carbons (Fsp3) is 0.400. The Kier molecular flexibility index (Phi) is 7.54. The van der Waals surface area contributed by atoms with Gasteiger partial charge in [-0.25, -0.2) is 0 Å². The number of carbonyl (C=O) groups is 1. The van der Waals surface area contributed by atoms with Crippen molar-refractivity contribution in [2.75, 3.05) is 11.9 Å². The van der Waals surface area contributed by atoms with E-state index in [1.807, 2.05) is 0 Å². The first-order valence-electron chi connectivity index (χ1n) is 5.09. The number of rotatable bonds is 2. The summed E-state index contributed by atoms with van der Waals surface area (Å²) >= 11 is 3.23. The summed E-state index contributed by atoms with van der Waals surface area (Å²) in [7, 11) is 0. The molecule has 8 heteroatoms. The van der Waals surface area contributed by atoms with Crippen LogP contribution in [0.4, 0.5) is 5.69 Å². The molecule has 5 nitrogen and oxygen atoms in total. The Morgan fingerprint density at radius 1 is 1.44 bits per heavy atom. The molecule has 1 aliphatic rings. The molecule has 3 N–H and O–H groups in total. The summed E-state index contributed by atoms with van der Waals surface area (Å²) in [6.07, 6.45) is 3.34. The van der Waals surface area contributed by atoms with E-state index in [1.54, 1.807) is 6.07 Å². The maximum atomic E-state index is 11.7. The van der Waals surface area contributed by atoms with Gasteiger partial charge in [-0.1, -0.05) is 0 Å². The van der Waals surface area contributed by atoms with Crippen LogP contribution in [-0.4, -0.2) is 23.5 Å². The molecule has 0 saturated carbocycles. The van der Waals surface area contributed by atoms with Gasteiger partial charge in [-0.05, 0) is 41.4 Å². The number of H-pyrrole nitrogens is 1. The standard InChI is InChI=1S/C10H12BrN3O2.2ClH/c11-6-4-8(9(15)13-5-6)14-10(16)7-2-1-3-12-7;;/h4-5,7,12H,1-3H2,(H,13,15)(H,14,16);2*1H. The second-order valence-electron chi connectivity index (χ2n) is 3.70. The Hall–Kier alpha value is -0.560. The van der Waals surface area contributed by atoms with Crippen molar-refractivity contribution in [3.63, 3.8) is 0 Å². The van der Waals surface area contributed by atoms with Crippen LogP contribution in [0.1, 0.15) is 12.8 Å². The predicted octanol–water partition coefficient (Wildman–Crippen LogP) is 1.67. The number of anilines is 1. The van der Waals surface area contributed by atoms with Gasteiger partial charge in [0.05, 0.1) is 6.04 Å². The third kappa shape index (κ3) is 4.28. The Balaban J connectivity index is 0.00000144. The van der Waals surface area contributed by atoms with Gasteiger partial charge >= 0.3 is 0 Å². The summed E-state index contributed by atoms with van der Waals surface area (Å²) in [5.74, 6) is -0.152. The van der Waals surface area contributed by atoms with E-state index in [1.165, 1.54) is 6.20 Å². The van der Waals surface area contributed by atoms with Gasteiger partial charge in [-0.15, -0.1) is 24.8 Å². The first-order valence-corrected chi connectivity index (χ1v) is 5.88. The molecule has 1 aromatic heterocycles. The van der Waals surface area contributed by atoms with E-state index in [4.69, 9.17) is 0 Å². The first-order chi connectivity index (χ1) is 7.66. The molecule has 2 rings (SSSR count). The SMILES string of the molecule is Cl.Cl.O=C(Nc1cc(Br)c[nH]c1=O)C1CCCN1. The van der Waals surface area contributed by atoms with Crippen LogP contribution in [-0.2, 0) is 4.79 Å². The molecular weight excluding hydrogens is 345 g/mol. The average Bonchev–Trinajstić information content (AvgIpc) is 2.76. The molecule has 1 aromatic rings. The van der Waals surface area contributed by atoms with E-state index in [2.05, 4.69) is 31.5 Å². The number of pyridine rings is 1. The van der Waals surface area contributed by atoms with Crippen LogP contribution in [0.25, 0.3) is 0 Å². The fourth-order valence-corrected chi connectivity index (χ4v) is 2.02. The topological polar surface area (TPSA) is 74.0 Å². The highest BCUT2D eigenvalue weighted by molar-refractivity contribution is 9.10. The van der Waals surface area contributed by atoms with Crippen LogP contribution in [0, 0.1) is 0 Å². The molecule has 0 spiro atoms. The molecule has 0 bridgehead atoms. The molecule has 102 valence electrons. The fourth-order valence-electron chi connectivity index (χ4n) is 1.68. The number of halogens is 3. The van der Waals surface area contributed by atoms with E-state index >= 15 is 0 Å². The maximum absolute atomic E-state index is 11.7. The molecule has 1 atom stereocenters. The molecule has 18 heavy (non-hydrogen) atoms. The Morgan fingerprint density at radius 3 is 2.78 bits per heavy atom. The summed E-state index contributed by atoms with van der Waals surface area (Å²) in [5.41, 5.74) is -0.0254. The van der Waals surface area contributed by atoms with Crippen LogP contribution in [0.3, 0.4) is 0 Å². The van der Waals surface area contributed by atoms with Crippen molar-refractivity contribution in [1.29, 1.82) is 0 Å². The van der Waals surface area contributed by atoms with Crippen molar-refractivity contribution in [2.45, 2.75) is 18.9 Å². The average molecular weight is 359 g/mol. The Morgan fingerprint density at radius 2 is 2.17 bits per heavy atom. The number of aromatic amines is 1. The maximum Gasteiger partial charge on any atom is 0.271 e. The van der Waals surface area contributed by atoms with Crippen LogP contribution in [0.5, 0.6) is 0 Å². The molecule has 1 aliphatic heterocycles. The van der Waals surface area contributed by atoms with Crippen LogP contribution in [0.15, 0.2) is 21.5 Å². The number of carbonyl (C=O) groups excluding carboxylic acids is 1. The quantitative estimate of drug-likeness (QED) is 0.752. The van der Waals surface area contributed by atoms with E-state index in [-0.39, 0.29) is 48.0 Å². The second-order valence-corrected chi connectivity index (χ2v) is 4.61. The zero-order chi connectivity index (χ0) is 11.5. The number of aromatic nitrogens is 1. The lowest BCUT2D eigenvalue weighted by Crippen LogP contribution is -2.36. The van der Waals surface area contributed by atoms with Crippen LogP contribution >= 0.6 is 40.7 Å². The molecule has 1 saturated heterocycles. The minimum atomic E-state index is -0.297. The highest BCUT2D eigenvalue weighted by Gasteiger charge is 2.22. The highest BCUT2D eigenvalue weighted by atomic mass is 79.9. The zero-order valence-corrected chi connectivity index (χ0v) is 12.6. The van der Waals surface area contributed by atoms with Gasteiger partial charge in [0.1, 0.15) is 5.69 Å². The smallest absolute Gasteiger partial charge is 0.271 e. The van der Waals surface area contributed by atoms with Gasteiger partial charge in [-0.2, -0.15) is 0 Å². The zero-order valence-electron chi connectivity index (χ0n) is 9.36. The van der Waals surface area contributed by atoms with E-state index in [0.29, 0.717) is 0 Å². The highest BCUT2D eigenvalue weighted by Crippen LogP contribution is 2.12. The molecule has 2 heterocycles. The predicted molar refractivity (Wildman–Crippen MR) is 78.9 cm³/mol. The molecule has 0 aliphatic carbocycles. The lowest BCUT2D eigenvalue weighted by molar-refractivity contribution is -0.117. The van der Waals surface area contributed by atoms with Gasteiger partial charge in [-0.3, -0.25) is 9.59 Å². The van der Waals surface area contributed by atoms with Crippen molar-refractivity contribution in [2.24, 2.45) is 0 Å².